The minimum atomic E-state index is -0.388. The Kier molecular flexibility index (Phi) is 6.33. The first-order chi connectivity index (χ1) is 9.04. The van der Waals surface area contributed by atoms with Crippen molar-refractivity contribution in [3.63, 3.8) is 0 Å². The Labute approximate surface area is 114 Å². The number of nitro groups is 1. The standard InChI is InChI=1S/C15H23NO3/c1-12(2)7-5-4-6-8-13-9-10-15(19-3)14(11-13)16(17)18/h9-12H,4-8H2,1-3H3. The Morgan fingerprint density at radius 1 is 1.26 bits per heavy atom. The molecule has 19 heavy (non-hydrogen) atoms. The maximum Gasteiger partial charge on any atom is 0.311 e. The van der Waals surface area contributed by atoms with Gasteiger partial charge in [0.1, 0.15) is 0 Å². The summed E-state index contributed by atoms with van der Waals surface area (Å²) in [5, 5.41) is 10.9. The summed E-state index contributed by atoms with van der Waals surface area (Å²) in [6, 6.07) is 5.22. The van der Waals surface area contributed by atoms with E-state index in [0.717, 1.165) is 24.3 Å². The number of nitrogens with zero attached hydrogens (tertiary/aromatic N) is 1. The number of rotatable bonds is 8. The van der Waals surface area contributed by atoms with E-state index in [0.29, 0.717) is 5.75 Å². The predicted molar refractivity (Wildman–Crippen MR) is 76.7 cm³/mol. The molecule has 0 bridgehead atoms. The zero-order chi connectivity index (χ0) is 14.3. The van der Waals surface area contributed by atoms with Gasteiger partial charge in [-0.1, -0.05) is 39.2 Å². The SMILES string of the molecule is COc1ccc(CCCCCC(C)C)cc1[N+](=O)[O-]. The van der Waals surface area contributed by atoms with Gasteiger partial charge in [0.2, 0.25) is 0 Å². The van der Waals surface area contributed by atoms with Gasteiger partial charge in [-0.05, 0) is 30.4 Å². The molecule has 1 aromatic carbocycles. The molecule has 0 aliphatic rings. The van der Waals surface area contributed by atoms with Crippen molar-refractivity contribution in [2.45, 2.75) is 46.0 Å². The van der Waals surface area contributed by atoms with Gasteiger partial charge >= 0.3 is 5.69 Å². The van der Waals surface area contributed by atoms with Gasteiger partial charge in [0.25, 0.3) is 0 Å². The third-order valence-electron chi connectivity index (χ3n) is 3.19. The molecule has 0 aliphatic carbocycles. The normalized spacial score (nSPS) is 10.7. The third-order valence-corrected chi connectivity index (χ3v) is 3.19. The summed E-state index contributed by atoms with van der Waals surface area (Å²) in [5.74, 6) is 1.08. The summed E-state index contributed by atoms with van der Waals surface area (Å²) in [7, 11) is 1.45. The van der Waals surface area contributed by atoms with Gasteiger partial charge in [-0.25, -0.2) is 0 Å². The molecule has 1 rings (SSSR count). The predicted octanol–water partition coefficient (Wildman–Crippen LogP) is 4.36. The second kappa shape index (κ2) is 7.77. The Bertz CT molecular complexity index is 416. The molecule has 0 radical (unpaired) electrons. The molecule has 1 aromatic rings. The van der Waals surface area contributed by atoms with Crippen molar-refractivity contribution in [3.8, 4) is 5.75 Å². The quantitative estimate of drug-likeness (QED) is 0.398. The summed E-state index contributed by atoms with van der Waals surface area (Å²) < 4.78 is 4.99. The van der Waals surface area contributed by atoms with E-state index in [1.165, 1.54) is 26.4 Å². The lowest BCUT2D eigenvalue weighted by atomic mass is 10.0. The van der Waals surface area contributed by atoms with E-state index in [9.17, 15) is 10.1 Å². The Hall–Kier alpha value is -1.58. The first-order valence-electron chi connectivity index (χ1n) is 6.86. The lowest BCUT2D eigenvalue weighted by molar-refractivity contribution is -0.385. The van der Waals surface area contributed by atoms with Crippen molar-refractivity contribution in [2.24, 2.45) is 5.92 Å². The minimum absolute atomic E-state index is 0.0576. The molecule has 0 heterocycles. The molecule has 0 unspecified atom stereocenters. The van der Waals surface area contributed by atoms with Gasteiger partial charge in [0.15, 0.2) is 5.75 Å². The number of hydrogen-bond acceptors (Lipinski definition) is 3. The number of ether oxygens (including phenoxy) is 1. The summed E-state index contributed by atoms with van der Waals surface area (Å²) >= 11 is 0. The van der Waals surface area contributed by atoms with Crippen LogP contribution in [0.15, 0.2) is 18.2 Å². The third kappa shape index (κ3) is 5.28. The fourth-order valence-corrected chi connectivity index (χ4v) is 2.09. The van der Waals surface area contributed by atoms with Crippen molar-refractivity contribution >= 4 is 5.69 Å². The lowest BCUT2D eigenvalue weighted by Crippen LogP contribution is -1.96. The molecule has 0 N–H and O–H groups in total. The average Bonchev–Trinajstić information content (AvgIpc) is 2.37. The van der Waals surface area contributed by atoms with Crippen LogP contribution in [0.1, 0.15) is 45.1 Å². The Morgan fingerprint density at radius 3 is 2.58 bits per heavy atom. The molecule has 0 saturated carbocycles. The van der Waals surface area contributed by atoms with E-state index in [1.807, 2.05) is 6.07 Å². The molecule has 106 valence electrons. The van der Waals surface area contributed by atoms with Crippen LogP contribution < -0.4 is 4.74 Å². The molecule has 0 aromatic heterocycles. The molecule has 0 saturated heterocycles. The Balaban J connectivity index is 2.50. The van der Waals surface area contributed by atoms with Crippen molar-refractivity contribution in [3.05, 3.63) is 33.9 Å². The number of nitro benzene ring substituents is 1. The van der Waals surface area contributed by atoms with Gasteiger partial charge in [0, 0.05) is 6.07 Å². The smallest absolute Gasteiger partial charge is 0.311 e. The second-order valence-corrected chi connectivity index (χ2v) is 5.26. The van der Waals surface area contributed by atoms with E-state index in [2.05, 4.69) is 13.8 Å². The van der Waals surface area contributed by atoms with E-state index in [1.54, 1.807) is 12.1 Å². The van der Waals surface area contributed by atoms with Crippen LogP contribution in [0.5, 0.6) is 5.75 Å². The second-order valence-electron chi connectivity index (χ2n) is 5.26. The molecule has 4 nitrogen and oxygen atoms in total. The molecular formula is C15H23NO3. The largest absolute Gasteiger partial charge is 0.490 e. The van der Waals surface area contributed by atoms with Crippen molar-refractivity contribution in [2.75, 3.05) is 7.11 Å². The van der Waals surface area contributed by atoms with E-state index < -0.39 is 0 Å². The first-order valence-corrected chi connectivity index (χ1v) is 6.86. The zero-order valence-electron chi connectivity index (χ0n) is 12.0. The van der Waals surface area contributed by atoms with Gasteiger partial charge in [-0.2, -0.15) is 0 Å². The van der Waals surface area contributed by atoms with Gasteiger partial charge in [-0.3, -0.25) is 10.1 Å². The highest BCUT2D eigenvalue weighted by Crippen LogP contribution is 2.28. The van der Waals surface area contributed by atoms with E-state index >= 15 is 0 Å². The van der Waals surface area contributed by atoms with Crippen LogP contribution in [-0.2, 0) is 6.42 Å². The first kappa shape index (κ1) is 15.5. The number of hydrogen-bond donors (Lipinski definition) is 0. The molecular weight excluding hydrogens is 242 g/mol. The average molecular weight is 265 g/mol. The minimum Gasteiger partial charge on any atom is -0.490 e. The summed E-state index contributed by atoms with van der Waals surface area (Å²) in [6.07, 6.45) is 5.63. The van der Waals surface area contributed by atoms with E-state index in [4.69, 9.17) is 4.74 Å². The van der Waals surface area contributed by atoms with Crippen LogP contribution in [0.25, 0.3) is 0 Å². The van der Waals surface area contributed by atoms with Crippen LogP contribution in [0, 0.1) is 16.0 Å². The van der Waals surface area contributed by atoms with Gasteiger partial charge in [-0.15, -0.1) is 0 Å². The van der Waals surface area contributed by atoms with Crippen LogP contribution in [-0.4, -0.2) is 12.0 Å². The number of methoxy groups -OCH3 is 1. The maximum atomic E-state index is 10.9. The zero-order valence-corrected chi connectivity index (χ0v) is 12.0. The summed E-state index contributed by atoms with van der Waals surface area (Å²) in [5.41, 5.74) is 1.07. The fourth-order valence-electron chi connectivity index (χ4n) is 2.09. The molecule has 0 aliphatic heterocycles. The number of benzene rings is 1. The van der Waals surface area contributed by atoms with Crippen molar-refractivity contribution in [1.29, 1.82) is 0 Å². The fraction of sp³-hybridized carbons (Fsp3) is 0.600. The highest BCUT2D eigenvalue weighted by molar-refractivity contribution is 5.48. The molecule has 0 amide bonds. The van der Waals surface area contributed by atoms with Crippen LogP contribution in [0.2, 0.25) is 0 Å². The molecule has 4 heteroatoms. The Morgan fingerprint density at radius 2 is 2.00 bits per heavy atom. The maximum absolute atomic E-state index is 10.9. The summed E-state index contributed by atoms with van der Waals surface area (Å²) in [6.45, 7) is 4.46. The number of aryl methyl sites for hydroxylation is 1. The van der Waals surface area contributed by atoms with Crippen LogP contribution >= 0.6 is 0 Å². The van der Waals surface area contributed by atoms with Crippen molar-refractivity contribution in [1.82, 2.24) is 0 Å². The molecule has 0 atom stereocenters. The number of unbranched alkanes of at least 4 members (excludes halogenated alkanes) is 2. The highest BCUT2D eigenvalue weighted by Gasteiger charge is 2.14. The van der Waals surface area contributed by atoms with Gasteiger partial charge < -0.3 is 4.74 Å². The van der Waals surface area contributed by atoms with Crippen LogP contribution in [0.4, 0.5) is 5.69 Å². The topological polar surface area (TPSA) is 52.4 Å². The van der Waals surface area contributed by atoms with E-state index in [-0.39, 0.29) is 10.6 Å². The molecule has 0 spiro atoms. The monoisotopic (exact) mass is 265 g/mol. The van der Waals surface area contributed by atoms with Crippen molar-refractivity contribution < 1.29 is 9.66 Å². The highest BCUT2D eigenvalue weighted by atomic mass is 16.6. The van der Waals surface area contributed by atoms with Gasteiger partial charge in [0.05, 0.1) is 12.0 Å². The lowest BCUT2D eigenvalue weighted by Gasteiger charge is -2.06. The molecule has 0 fully saturated rings. The van der Waals surface area contributed by atoms with Crippen LogP contribution in [0.3, 0.4) is 0 Å². The summed E-state index contributed by atoms with van der Waals surface area (Å²) in [4.78, 5) is 10.5.